The van der Waals surface area contributed by atoms with E-state index in [4.69, 9.17) is 0 Å². The lowest BCUT2D eigenvalue weighted by Crippen LogP contribution is -2.22. The second-order valence-electron chi connectivity index (χ2n) is 4.63. The van der Waals surface area contributed by atoms with Crippen LogP contribution in [-0.2, 0) is 4.79 Å². The van der Waals surface area contributed by atoms with E-state index in [-0.39, 0.29) is 11.7 Å². The van der Waals surface area contributed by atoms with Crippen molar-refractivity contribution in [3.63, 3.8) is 0 Å². The summed E-state index contributed by atoms with van der Waals surface area (Å²) in [4.78, 5) is 11.4. The standard InChI is InChI=1S/C11H17FO/c1-7(12)11(13)8-2-4-9-6-10(9)5-3-8/h7-10H,2-6H2,1H3. The highest BCUT2D eigenvalue weighted by Crippen LogP contribution is 2.49. The zero-order chi connectivity index (χ0) is 9.42. The molecule has 3 unspecified atom stereocenters. The van der Waals surface area contributed by atoms with E-state index >= 15 is 0 Å². The van der Waals surface area contributed by atoms with Gasteiger partial charge in [-0.25, -0.2) is 4.39 Å². The second kappa shape index (κ2) is 3.39. The SMILES string of the molecule is CC(F)C(=O)C1CCC2CC2CC1. The maximum Gasteiger partial charge on any atom is 0.169 e. The van der Waals surface area contributed by atoms with E-state index in [1.807, 2.05) is 0 Å². The molecule has 2 aliphatic carbocycles. The molecule has 0 spiro atoms. The summed E-state index contributed by atoms with van der Waals surface area (Å²) in [6.45, 7) is 1.37. The lowest BCUT2D eigenvalue weighted by Gasteiger charge is -2.13. The Kier molecular flexibility index (Phi) is 2.39. The molecule has 0 radical (unpaired) electrons. The lowest BCUT2D eigenvalue weighted by atomic mass is 9.92. The number of rotatable bonds is 2. The molecule has 74 valence electrons. The van der Waals surface area contributed by atoms with Crippen molar-refractivity contribution in [2.75, 3.05) is 0 Å². The van der Waals surface area contributed by atoms with Gasteiger partial charge in [0.25, 0.3) is 0 Å². The molecule has 1 nitrogen and oxygen atoms in total. The number of fused-ring (bicyclic) bond motifs is 1. The fourth-order valence-corrected chi connectivity index (χ4v) is 2.60. The van der Waals surface area contributed by atoms with E-state index in [9.17, 15) is 9.18 Å². The highest BCUT2D eigenvalue weighted by atomic mass is 19.1. The molecule has 0 aromatic carbocycles. The van der Waals surface area contributed by atoms with Gasteiger partial charge in [0.2, 0.25) is 0 Å². The van der Waals surface area contributed by atoms with Gasteiger partial charge in [0, 0.05) is 5.92 Å². The number of Topliss-reactive ketones (excluding diaryl/α,β-unsaturated/α-hetero) is 1. The van der Waals surface area contributed by atoms with E-state index in [1.54, 1.807) is 0 Å². The molecule has 0 amide bonds. The summed E-state index contributed by atoms with van der Waals surface area (Å²) in [5.74, 6) is 1.65. The van der Waals surface area contributed by atoms with Crippen LogP contribution in [0.1, 0.15) is 39.0 Å². The molecule has 13 heavy (non-hydrogen) atoms. The molecule has 2 rings (SSSR count). The summed E-state index contributed by atoms with van der Waals surface area (Å²) in [5.41, 5.74) is 0. The first-order valence-corrected chi connectivity index (χ1v) is 5.36. The van der Waals surface area contributed by atoms with Crippen molar-refractivity contribution in [1.82, 2.24) is 0 Å². The van der Waals surface area contributed by atoms with Gasteiger partial charge in [0.1, 0.15) is 0 Å². The summed E-state index contributed by atoms with van der Waals surface area (Å²) in [5, 5.41) is 0. The first-order chi connectivity index (χ1) is 6.18. The number of hydrogen-bond acceptors (Lipinski definition) is 1. The summed E-state index contributed by atoms with van der Waals surface area (Å²) in [7, 11) is 0. The largest absolute Gasteiger partial charge is 0.296 e. The van der Waals surface area contributed by atoms with Gasteiger partial charge in [-0.3, -0.25) is 4.79 Å². The molecule has 0 heterocycles. The summed E-state index contributed by atoms with van der Waals surface area (Å²) < 4.78 is 12.8. The van der Waals surface area contributed by atoms with Gasteiger partial charge in [0.15, 0.2) is 12.0 Å². The van der Waals surface area contributed by atoms with E-state index in [0.717, 1.165) is 37.5 Å². The fourth-order valence-electron chi connectivity index (χ4n) is 2.60. The highest BCUT2D eigenvalue weighted by molar-refractivity contribution is 5.84. The van der Waals surface area contributed by atoms with E-state index in [1.165, 1.54) is 13.3 Å². The van der Waals surface area contributed by atoms with Crippen LogP contribution in [0.25, 0.3) is 0 Å². The highest BCUT2D eigenvalue weighted by Gasteiger charge is 2.40. The smallest absolute Gasteiger partial charge is 0.169 e. The minimum atomic E-state index is -1.25. The third kappa shape index (κ3) is 1.92. The molecule has 2 aliphatic rings. The Morgan fingerprint density at radius 3 is 2.23 bits per heavy atom. The maximum absolute atomic E-state index is 12.8. The first kappa shape index (κ1) is 9.17. The fraction of sp³-hybridized carbons (Fsp3) is 0.909. The van der Waals surface area contributed by atoms with Gasteiger partial charge in [-0.1, -0.05) is 0 Å². The number of halogens is 1. The normalized spacial score (nSPS) is 40.3. The third-order valence-electron chi connectivity index (χ3n) is 3.64. The Balaban J connectivity index is 1.89. The summed E-state index contributed by atoms with van der Waals surface area (Å²) in [6, 6.07) is 0. The Morgan fingerprint density at radius 1 is 1.23 bits per heavy atom. The summed E-state index contributed by atoms with van der Waals surface area (Å²) in [6.07, 6.45) is 4.32. The van der Waals surface area contributed by atoms with Crippen LogP contribution in [0.4, 0.5) is 4.39 Å². The predicted octanol–water partition coefficient (Wildman–Crippen LogP) is 2.74. The zero-order valence-corrected chi connectivity index (χ0v) is 8.13. The topological polar surface area (TPSA) is 17.1 Å². The molecule has 0 aliphatic heterocycles. The van der Waals surface area contributed by atoms with Crippen LogP contribution in [0.3, 0.4) is 0 Å². The molecule has 0 saturated heterocycles. The van der Waals surface area contributed by atoms with Crippen molar-refractivity contribution in [3.8, 4) is 0 Å². The van der Waals surface area contributed by atoms with Crippen LogP contribution in [0.15, 0.2) is 0 Å². The lowest BCUT2D eigenvalue weighted by molar-refractivity contribution is -0.127. The average Bonchev–Trinajstić information content (AvgIpc) is 2.79. The van der Waals surface area contributed by atoms with Crippen LogP contribution < -0.4 is 0 Å². The zero-order valence-electron chi connectivity index (χ0n) is 8.13. The van der Waals surface area contributed by atoms with Gasteiger partial charge in [-0.05, 0) is 50.9 Å². The van der Waals surface area contributed by atoms with Crippen LogP contribution >= 0.6 is 0 Å². The molecular formula is C11H17FO. The van der Waals surface area contributed by atoms with Crippen molar-refractivity contribution in [2.24, 2.45) is 17.8 Å². The number of ketones is 1. The van der Waals surface area contributed by atoms with Crippen molar-refractivity contribution in [3.05, 3.63) is 0 Å². The van der Waals surface area contributed by atoms with E-state index in [2.05, 4.69) is 0 Å². The Labute approximate surface area is 78.7 Å². The van der Waals surface area contributed by atoms with Crippen LogP contribution in [0.2, 0.25) is 0 Å². The summed E-state index contributed by atoms with van der Waals surface area (Å²) >= 11 is 0. The molecule has 0 aromatic heterocycles. The molecule has 3 atom stereocenters. The monoisotopic (exact) mass is 184 g/mol. The van der Waals surface area contributed by atoms with Gasteiger partial charge in [0.05, 0.1) is 0 Å². The molecule has 2 heteroatoms. The first-order valence-electron chi connectivity index (χ1n) is 5.36. The third-order valence-corrected chi connectivity index (χ3v) is 3.64. The van der Waals surface area contributed by atoms with Crippen molar-refractivity contribution >= 4 is 5.78 Å². The van der Waals surface area contributed by atoms with Gasteiger partial charge >= 0.3 is 0 Å². The maximum atomic E-state index is 12.8. The Bertz CT molecular complexity index is 200. The minimum Gasteiger partial charge on any atom is -0.296 e. The average molecular weight is 184 g/mol. The van der Waals surface area contributed by atoms with Crippen molar-refractivity contribution in [2.45, 2.75) is 45.2 Å². The van der Waals surface area contributed by atoms with E-state index < -0.39 is 6.17 Å². The number of carbonyl (C=O) groups is 1. The minimum absolute atomic E-state index is 0.0350. The van der Waals surface area contributed by atoms with Crippen molar-refractivity contribution < 1.29 is 9.18 Å². The molecular weight excluding hydrogens is 167 g/mol. The number of carbonyl (C=O) groups excluding carboxylic acids is 1. The molecule has 2 saturated carbocycles. The molecule has 2 fully saturated rings. The second-order valence-corrected chi connectivity index (χ2v) is 4.63. The molecule has 0 aromatic rings. The molecule has 0 N–H and O–H groups in total. The van der Waals surface area contributed by atoms with Gasteiger partial charge < -0.3 is 0 Å². The van der Waals surface area contributed by atoms with Crippen LogP contribution in [-0.4, -0.2) is 12.0 Å². The number of hydrogen-bond donors (Lipinski definition) is 0. The number of alkyl halides is 1. The van der Waals surface area contributed by atoms with Gasteiger partial charge in [-0.15, -0.1) is 0 Å². The quantitative estimate of drug-likeness (QED) is 0.645. The van der Waals surface area contributed by atoms with Gasteiger partial charge in [-0.2, -0.15) is 0 Å². The Morgan fingerprint density at radius 2 is 1.77 bits per heavy atom. The predicted molar refractivity (Wildman–Crippen MR) is 49.1 cm³/mol. The Hall–Kier alpha value is -0.400. The van der Waals surface area contributed by atoms with Crippen LogP contribution in [0, 0.1) is 17.8 Å². The van der Waals surface area contributed by atoms with Crippen molar-refractivity contribution in [1.29, 1.82) is 0 Å². The van der Waals surface area contributed by atoms with E-state index in [0.29, 0.717) is 0 Å². The molecule has 0 bridgehead atoms. The van der Waals surface area contributed by atoms with Crippen LogP contribution in [0.5, 0.6) is 0 Å².